The van der Waals surface area contributed by atoms with Crippen LogP contribution < -0.4 is 10.1 Å². The van der Waals surface area contributed by atoms with E-state index in [-0.39, 0.29) is 18.1 Å². The van der Waals surface area contributed by atoms with Crippen LogP contribution in [0.4, 0.5) is 5.13 Å². The lowest BCUT2D eigenvalue weighted by molar-refractivity contribution is -0.136. The van der Waals surface area contributed by atoms with Crippen molar-refractivity contribution in [3.8, 4) is 5.75 Å². The first-order valence-corrected chi connectivity index (χ1v) is 8.09. The summed E-state index contributed by atoms with van der Waals surface area (Å²) in [5.74, 6) is 0.333. The topological polar surface area (TPSA) is 88.5 Å². The van der Waals surface area contributed by atoms with Gasteiger partial charge in [0, 0.05) is 5.75 Å². The molecule has 0 aliphatic heterocycles. The first kappa shape index (κ1) is 15.6. The largest absolute Gasteiger partial charge is 0.497 e. The fourth-order valence-corrected chi connectivity index (χ4v) is 3.20. The Morgan fingerprint density at radius 2 is 2.29 bits per heavy atom. The summed E-state index contributed by atoms with van der Waals surface area (Å²) in [6.07, 6.45) is 0.0544. The van der Waals surface area contributed by atoms with E-state index in [0.29, 0.717) is 10.9 Å². The number of carbonyl (C=O) groups is 2. The van der Waals surface area contributed by atoms with Crippen molar-refractivity contribution in [1.82, 2.24) is 4.98 Å². The average Bonchev–Trinajstić information content (AvgIpc) is 2.84. The van der Waals surface area contributed by atoms with Crippen molar-refractivity contribution in [2.45, 2.75) is 6.42 Å². The molecule has 0 atom stereocenters. The lowest BCUT2D eigenvalue weighted by Gasteiger charge is -2.00. The molecular weight excluding hydrogens is 312 g/mol. The van der Waals surface area contributed by atoms with E-state index in [4.69, 9.17) is 9.84 Å². The summed E-state index contributed by atoms with van der Waals surface area (Å²) in [6.45, 7) is 0. The van der Waals surface area contributed by atoms with Crippen molar-refractivity contribution < 1.29 is 19.4 Å². The molecule has 6 nitrogen and oxygen atoms in total. The summed E-state index contributed by atoms with van der Waals surface area (Å²) in [5.41, 5.74) is 0.801. The number of fused-ring (bicyclic) bond motifs is 1. The van der Waals surface area contributed by atoms with Crippen LogP contribution in [0.2, 0.25) is 0 Å². The highest BCUT2D eigenvalue weighted by Gasteiger charge is 2.09. The predicted octanol–water partition coefficient (Wildman–Crippen LogP) is 2.45. The third-order valence-corrected chi connectivity index (χ3v) is 4.43. The van der Waals surface area contributed by atoms with Crippen LogP contribution in [0.25, 0.3) is 10.2 Å². The number of nitrogens with zero attached hydrogens (tertiary/aromatic N) is 1. The fourth-order valence-electron chi connectivity index (χ4n) is 1.57. The number of benzene rings is 1. The Kier molecular flexibility index (Phi) is 5.40. The first-order chi connectivity index (χ1) is 10.1. The first-order valence-electron chi connectivity index (χ1n) is 6.12. The molecule has 21 heavy (non-hydrogen) atoms. The van der Waals surface area contributed by atoms with Crippen molar-refractivity contribution in [3.05, 3.63) is 18.2 Å². The average molecular weight is 326 g/mol. The molecule has 2 aromatic rings. The molecule has 0 spiro atoms. The smallest absolute Gasteiger partial charge is 0.304 e. The van der Waals surface area contributed by atoms with Gasteiger partial charge < -0.3 is 15.2 Å². The lowest BCUT2D eigenvalue weighted by atomic mass is 10.3. The second-order valence-corrected chi connectivity index (χ2v) is 6.23. The quantitative estimate of drug-likeness (QED) is 0.760. The Bertz CT molecular complexity index is 657. The van der Waals surface area contributed by atoms with Gasteiger partial charge in [-0.05, 0) is 18.2 Å². The van der Waals surface area contributed by atoms with E-state index in [1.807, 2.05) is 18.2 Å². The lowest BCUT2D eigenvalue weighted by Crippen LogP contribution is -2.14. The van der Waals surface area contributed by atoms with Crippen LogP contribution in [-0.2, 0) is 9.59 Å². The zero-order valence-electron chi connectivity index (χ0n) is 11.3. The molecule has 0 fully saturated rings. The van der Waals surface area contributed by atoms with Crippen molar-refractivity contribution in [1.29, 1.82) is 0 Å². The molecule has 0 radical (unpaired) electrons. The van der Waals surface area contributed by atoms with E-state index in [1.165, 1.54) is 23.1 Å². The number of thiazole rings is 1. The third kappa shape index (κ3) is 4.61. The Morgan fingerprint density at radius 3 is 3.00 bits per heavy atom. The van der Waals surface area contributed by atoms with E-state index in [9.17, 15) is 9.59 Å². The SMILES string of the molecule is COc1ccc2nc(NC(=O)CSCCC(=O)O)sc2c1. The molecular formula is C13H14N2O4S2. The van der Waals surface area contributed by atoms with Crippen LogP contribution in [0, 0.1) is 0 Å². The standard InChI is InChI=1S/C13H14N2O4S2/c1-19-8-2-3-9-10(6-8)21-13(14-9)15-11(16)7-20-5-4-12(17)18/h2-3,6H,4-5,7H2,1H3,(H,17,18)(H,14,15,16). The Balaban J connectivity index is 1.90. The van der Waals surface area contributed by atoms with E-state index < -0.39 is 5.97 Å². The number of amides is 1. The van der Waals surface area contributed by atoms with E-state index >= 15 is 0 Å². The summed E-state index contributed by atoms with van der Waals surface area (Å²) in [7, 11) is 1.60. The normalized spacial score (nSPS) is 10.5. The van der Waals surface area contributed by atoms with Crippen molar-refractivity contribution in [2.75, 3.05) is 23.9 Å². The van der Waals surface area contributed by atoms with Crippen LogP contribution in [0.3, 0.4) is 0 Å². The molecule has 0 bridgehead atoms. The second-order valence-electron chi connectivity index (χ2n) is 4.10. The maximum atomic E-state index is 11.7. The summed E-state index contributed by atoms with van der Waals surface area (Å²) in [4.78, 5) is 26.4. The minimum atomic E-state index is -0.858. The van der Waals surface area contributed by atoms with Crippen LogP contribution in [0.5, 0.6) is 5.75 Å². The number of carboxylic acid groups (broad SMARTS) is 1. The third-order valence-electron chi connectivity index (χ3n) is 2.54. The molecule has 1 amide bonds. The molecule has 0 aliphatic carbocycles. The van der Waals surface area contributed by atoms with Gasteiger partial charge in [-0.15, -0.1) is 0 Å². The van der Waals surface area contributed by atoms with Gasteiger partial charge in [0.2, 0.25) is 5.91 Å². The number of carboxylic acids is 1. The number of thioether (sulfide) groups is 1. The Labute approximate surface area is 129 Å². The minimum Gasteiger partial charge on any atom is -0.497 e. The second kappa shape index (κ2) is 7.28. The molecule has 0 saturated carbocycles. The molecule has 2 N–H and O–H groups in total. The molecule has 8 heteroatoms. The van der Waals surface area contributed by atoms with Gasteiger partial charge in [0.15, 0.2) is 5.13 Å². The molecule has 1 aromatic heterocycles. The summed E-state index contributed by atoms with van der Waals surface area (Å²) in [6, 6.07) is 5.52. The van der Waals surface area contributed by atoms with Gasteiger partial charge in [-0.25, -0.2) is 4.98 Å². The van der Waals surface area contributed by atoms with Gasteiger partial charge >= 0.3 is 5.97 Å². The molecule has 1 aromatic carbocycles. The zero-order valence-corrected chi connectivity index (χ0v) is 12.9. The number of aliphatic carboxylic acids is 1. The highest BCUT2D eigenvalue weighted by molar-refractivity contribution is 7.99. The van der Waals surface area contributed by atoms with Crippen molar-refractivity contribution in [2.24, 2.45) is 0 Å². The molecule has 0 saturated heterocycles. The number of rotatable bonds is 7. The monoisotopic (exact) mass is 326 g/mol. The van der Waals surface area contributed by atoms with Crippen LogP contribution in [0.1, 0.15) is 6.42 Å². The number of anilines is 1. The highest BCUT2D eigenvalue weighted by Crippen LogP contribution is 2.29. The van der Waals surface area contributed by atoms with Gasteiger partial charge in [0.25, 0.3) is 0 Å². The summed E-state index contributed by atoms with van der Waals surface area (Å²) >= 11 is 2.66. The summed E-state index contributed by atoms with van der Waals surface area (Å²) < 4.78 is 6.07. The number of methoxy groups -OCH3 is 1. The maximum Gasteiger partial charge on any atom is 0.304 e. The highest BCUT2D eigenvalue weighted by atomic mass is 32.2. The number of carbonyl (C=O) groups excluding carboxylic acids is 1. The maximum absolute atomic E-state index is 11.7. The molecule has 0 unspecified atom stereocenters. The fraction of sp³-hybridized carbons (Fsp3) is 0.308. The molecule has 1 heterocycles. The number of hydrogen-bond donors (Lipinski definition) is 2. The van der Waals surface area contributed by atoms with Crippen molar-refractivity contribution in [3.63, 3.8) is 0 Å². The van der Waals surface area contributed by atoms with Gasteiger partial charge in [-0.3, -0.25) is 9.59 Å². The van der Waals surface area contributed by atoms with E-state index in [2.05, 4.69) is 10.3 Å². The van der Waals surface area contributed by atoms with Crippen LogP contribution >= 0.6 is 23.1 Å². The summed E-state index contributed by atoms with van der Waals surface area (Å²) in [5, 5.41) is 11.8. The van der Waals surface area contributed by atoms with Crippen LogP contribution in [-0.4, -0.2) is 40.6 Å². The Hall–Kier alpha value is -1.80. The predicted molar refractivity (Wildman–Crippen MR) is 84.4 cm³/mol. The molecule has 112 valence electrons. The Morgan fingerprint density at radius 1 is 1.48 bits per heavy atom. The minimum absolute atomic E-state index is 0.0544. The van der Waals surface area contributed by atoms with Gasteiger partial charge in [-0.2, -0.15) is 11.8 Å². The van der Waals surface area contributed by atoms with Crippen molar-refractivity contribution >= 4 is 50.3 Å². The van der Waals surface area contributed by atoms with E-state index in [1.54, 1.807) is 7.11 Å². The van der Waals surface area contributed by atoms with Crippen LogP contribution in [0.15, 0.2) is 18.2 Å². The van der Waals surface area contributed by atoms with Gasteiger partial charge in [0.05, 0.1) is 29.5 Å². The van der Waals surface area contributed by atoms with E-state index in [0.717, 1.165) is 16.0 Å². The number of aromatic nitrogens is 1. The van der Waals surface area contributed by atoms with Gasteiger partial charge in [-0.1, -0.05) is 11.3 Å². The zero-order chi connectivity index (χ0) is 15.2. The van der Waals surface area contributed by atoms with Gasteiger partial charge in [0.1, 0.15) is 5.75 Å². The molecule has 2 rings (SSSR count). The molecule has 0 aliphatic rings. The number of nitrogens with one attached hydrogen (secondary N) is 1. The number of ether oxygens (including phenoxy) is 1. The number of hydrogen-bond acceptors (Lipinski definition) is 6.